The van der Waals surface area contributed by atoms with Gasteiger partial charge in [-0.25, -0.2) is 0 Å². The summed E-state index contributed by atoms with van der Waals surface area (Å²) in [5.74, 6) is 0.287. The van der Waals surface area contributed by atoms with Crippen LogP contribution in [-0.2, 0) is 9.53 Å². The van der Waals surface area contributed by atoms with E-state index >= 15 is 0 Å². The standard InChI is InChI=1S/C12H22N2O2/c1-8(11-3-2-6-16-11)14-12(15)9-4-5-10(13)7-9/h8-11H,2-7,13H2,1H3,(H,14,15). The van der Waals surface area contributed by atoms with Gasteiger partial charge in [0, 0.05) is 18.6 Å². The van der Waals surface area contributed by atoms with Gasteiger partial charge < -0.3 is 15.8 Å². The molecule has 1 heterocycles. The highest BCUT2D eigenvalue weighted by atomic mass is 16.5. The maximum absolute atomic E-state index is 11.9. The Kier molecular flexibility index (Phi) is 3.82. The molecule has 16 heavy (non-hydrogen) atoms. The van der Waals surface area contributed by atoms with Crippen molar-refractivity contribution in [3.05, 3.63) is 0 Å². The molecule has 1 aliphatic carbocycles. The number of carbonyl (C=O) groups excluding carboxylic acids is 1. The van der Waals surface area contributed by atoms with E-state index in [1.165, 1.54) is 0 Å². The zero-order valence-electron chi connectivity index (χ0n) is 9.95. The van der Waals surface area contributed by atoms with Crippen LogP contribution in [-0.4, -0.2) is 30.7 Å². The molecule has 4 nitrogen and oxygen atoms in total. The van der Waals surface area contributed by atoms with Crippen molar-refractivity contribution in [1.82, 2.24) is 5.32 Å². The number of carbonyl (C=O) groups is 1. The Hall–Kier alpha value is -0.610. The summed E-state index contributed by atoms with van der Waals surface area (Å²) in [5.41, 5.74) is 5.81. The molecule has 4 unspecified atom stereocenters. The molecule has 0 spiro atoms. The van der Waals surface area contributed by atoms with Crippen molar-refractivity contribution in [2.45, 2.75) is 57.2 Å². The van der Waals surface area contributed by atoms with E-state index < -0.39 is 0 Å². The highest BCUT2D eigenvalue weighted by Gasteiger charge is 2.30. The maximum atomic E-state index is 11.9. The van der Waals surface area contributed by atoms with E-state index in [1.807, 2.05) is 6.92 Å². The van der Waals surface area contributed by atoms with Gasteiger partial charge in [-0.1, -0.05) is 0 Å². The number of nitrogens with one attached hydrogen (secondary N) is 1. The molecule has 1 saturated heterocycles. The van der Waals surface area contributed by atoms with Gasteiger partial charge in [-0.3, -0.25) is 4.79 Å². The Morgan fingerprint density at radius 2 is 2.25 bits per heavy atom. The maximum Gasteiger partial charge on any atom is 0.223 e. The summed E-state index contributed by atoms with van der Waals surface area (Å²) in [6.07, 6.45) is 5.13. The highest BCUT2D eigenvalue weighted by Crippen LogP contribution is 2.24. The first kappa shape index (κ1) is 11.9. The van der Waals surface area contributed by atoms with Crippen LogP contribution in [0.15, 0.2) is 0 Å². The van der Waals surface area contributed by atoms with Gasteiger partial charge >= 0.3 is 0 Å². The Labute approximate surface area is 96.9 Å². The number of ether oxygens (including phenoxy) is 1. The van der Waals surface area contributed by atoms with Crippen LogP contribution in [0.4, 0.5) is 0 Å². The molecule has 0 bridgehead atoms. The van der Waals surface area contributed by atoms with Crippen LogP contribution in [0.25, 0.3) is 0 Å². The van der Waals surface area contributed by atoms with Crippen molar-refractivity contribution in [3.63, 3.8) is 0 Å². The van der Waals surface area contributed by atoms with Crippen LogP contribution in [0.2, 0.25) is 0 Å². The topological polar surface area (TPSA) is 64.4 Å². The summed E-state index contributed by atoms with van der Waals surface area (Å²) >= 11 is 0. The molecule has 2 aliphatic rings. The van der Waals surface area contributed by atoms with Gasteiger partial charge in [0.05, 0.1) is 12.1 Å². The number of nitrogens with two attached hydrogens (primary N) is 1. The van der Waals surface area contributed by atoms with Crippen LogP contribution in [0.3, 0.4) is 0 Å². The SMILES string of the molecule is CC(NC(=O)C1CCC(N)C1)C1CCCO1. The average molecular weight is 226 g/mol. The third kappa shape index (κ3) is 2.74. The number of hydrogen-bond acceptors (Lipinski definition) is 3. The second-order valence-corrected chi connectivity index (χ2v) is 5.12. The lowest BCUT2D eigenvalue weighted by molar-refractivity contribution is -0.126. The predicted octanol–water partition coefficient (Wildman–Crippen LogP) is 0.797. The molecule has 4 atom stereocenters. The van der Waals surface area contributed by atoms with Crippen LogP contribution in [0, 0.1) is 5.92 Å². The summed E-state index contributed by atoms with van der Waals surface area (Å²) in [4.78, 5) is 11.9. The minimum absolute atomic E-state index is 0.124. The lowest BCUT2D eigenvalue weighted by atomic mass is 10.0. The van der Waals surface area contributed by atoms with Crippen molar-refractivity contribution < 1.29 is 9.53 Å². The molecule has 0 radical (unpaired) electrons. The van der Waals surface area contributed by atoms with Crippen molar-refractivity contribution in [2.75, 3.05) is 6.61 Å². The molecule has 4 heteroatoms. The van der Waals surface area contributed by atoms with E-state index in [9.17, 15) is 4.79 Å². The molecule has 3 N–H and O–H groups in total. The largest absolute Gasteiger partial charge is 0.376 e. The van der Waals surface area contributed by atoms with E-state index in [2.05, 4.69) is 5.32 Å². The molecule has 1 amide bonds. The first-order chi connectivity index (χ1) is 7.66. The second-order valence-electron chi connectivity index (χ2n) is 5.12. The monoisotopic (exact) mass is 226 g/mol. The van der Waals surface area contributed by atoms with E-state index in [0.717, 1.165) is 38.7 Å². The van der Waals surface area contributed by atoms with E-state index in [4.69, 9.17) is 10.5 Å². The lowest BCUT2D eigenvalue weighted by Gasteiger charge is -2.21. The molecular weight excluding hydrogens is 204 g/mol. The Balaban J connectivity index is 1.77. The van der Waals surface area contributed by atoms with Crippen molar-refractivity contribution in [3.8, 4) is 0 Å². The summed E-state index contributed by atoms with van der Waals surface area (Å²) in [6, 6.07) is 0.348. The third-order valence-corrected chi connectivity index (χ3v) is 3.74. The Morgan fingerprint density at radius 3 is 2.81 bits per heavy atom. The van der Waals surface area contributed by atoms with Crippen molar-refractivity contribution in [1.29, 1.82) is 0 Å². The minimum Gasteiger partial charge on any atom is -0.376 e. The molecular formula is C12H22N2O2. The fourth-order valence-corrected chi connectivity index (χ4v) is 2.69. The normalized spacial score (nSPS) is 36.2. The van der Waals surface area contributed by atoms with Crippen LogP contribution in [0.1, 0.15) is 39.0 Å². The van der Waals surface area contributed by atoms with Gasteiger partial charge in [0.15, 0.2) is 0 Å². The zero-order chi connectivity index (χ0) is 11.5. The van der Waals surface area contributed by atoms with Gasteiger partial charge in [0.1, 0.15) is 0 Å². The summed E-state index contributed by atoms with van der Waals surface area (Å²) in [5, 5.41) is 3.06. The Morgan fingerprint density at radius 1 is 1.44 bits per heavy atom. The van der Waals surface area contributed by atoms with Crippen molar-refractivity contribution >= 4 is 5.91 Å². The lowest BCUT2D eigenvalue weighted by Crippen LogP contribution is -2.43. The molecule has 1 aliphatic heterocycles. The van der Waals surface area contributed by atoms with Crippen molar-refractivity contribution in [2.24, 2.45) is 11.7 Å². The quantitative estimate of drug-likeness (QED) is 0.748. The smallest absolute Gasteiger partial charge is 0.223 e. The summed E-state index contributed by atoms with van der Waals surface area (Å²) < 4.78 is 5.56. The fourth-order valence-electron chi connectivity index (χ4n) is 2.69. The van der Waals surface area contributed by atoms with E-state index in [0.29, 0.717) is 0 Å². The Bertz CT molecular complexity index is 251. The fraction of sp³-hybridized carbons (Fsp3) is 0.917. The third-order valence-electron chi connectivity index (χ3n) is 3.74. The summed E-state index contributed by atoms with van der Waals surface area (Å²) in [7, 11) is 0. The number of rotatable bonds is 3. The molecule has 1 saturated carbocycles. The van der Waals surface area contributed by atoms with Crippen LogP contribution >= 0.6 is 0 Å². The zero-order valence-corrected chi connectivity index (χ0v) is 9.95. The summed E-state index contributed by atoms with van der Waals surface area (Å²) in [6.45, 7) is 2.86. The van der Waals surface area contributed by atoms with Gasteiger partial charge in [-0.05, 0) is 39.0 Å². The molecule has 0 aromatic rings. The molecule has 0 aromatic carbocycles. The van der Waals surface area contributed by atoms with Crippen LogP contribution in [0.5, 0.6) is 0 Å². The highest BCUT2D eigenvalue weighted by molar-refractivity contribution is 5.79. The minimum atomic E-state index is 0.124. The number of amides is 1. The predicted molar refractivity (Wildman–Crippen MR) is 61.9 cm³/mol. The molecule has 92 valence electrons. The van der Waals surface area contributed by atoms with Gasteiger partial charge in [-0.2, -0.15) is 0 Å². The number of hydrogen-bond donors (Lipinski definition) is 2. The van der Waals surface area contributed by atoms with E-state index in [1.54, 1.807) is 0 Å². The van der Waals surface area contributed by atoms with E-state index in [-0.39, 0.29) is 30.0 Å². The van der Waals surface area contributed by atoms with Crippen LogP contribution < -0.4 is 11.1 Å². The van der Waals surface area contributed by atoms with Gasteiger partial charge in [0.25, 0.3) is 0 Å². The average Bonchev–Trinajstić information content (AvgIpc) is 2.87. The first-order valence-corrected chi connectivity index (χ1v) is 6.34. The molecule has 0 aromatic heterocycles. The van der Waals surface area contributed by atoms with Gasteiger partial charge in [0.2, 0.25) is 5.91 Å². The second kappa shape index (κ2) is 5.15. The van der Waals surface area contributed by atoms with Gasteiger partial charge in [-0.15, -0.1) is 0 Å². The molecule has 2 fully saturated rings. The molecule has 2 rings (SSSR count). The first-order valence-electron chi connectivity index (χ1n) is 6.34.